The molecule has 1 aromatic carbocycles. The van der Waals surface area contributed by atoms with Gasteiger partial charge in [0.15, 0.2) is 0 Å². The number of aromatic amines is 1. The van der Waals surface area contributed by atoms with Gasteiger partial charge < -0.3 is 5.32 Å². The zero-order valence-corrected chi connectivity index (χ0v) is 11.0. The van der Waals surface area contributed by atoms with Gasteiger partial charge in [0.25, 0.3) is 0 Å². The number of nitrogens with one attached hydrogen (secondary N) is 2. The van der Waals surface area contributed by atoms with Gasteiger partial charge in [-0.05, 0) is 18.2 Å². The molecule has 0 aliphatic carbocycles. The summed E-state index contributed by atoms with van der Waals surface area (Å²) in [5.74, 6) is 0. The Morgan fingerprint density at radius 3 is 3.00 bits per heavy atom. The summed E-state index contributed by atoms with van der Waals surface area (Å²) in [5.41, 5.74) is 5.20. The average Bonchev–Trinajstić information content (AvgIpc) is 3.11. The molecule has 2 N–H and O–H groups in total. The van der Waals surface area contributed by atoms with Crippen LogP contribution in [0.3, 0.4) is 0 Å². The van der Waals surface area contributed by atoms with Crippen LogP contribution in [0.2, 0.25) is 0 Å². The highest BCUT2D eigenvalue weighted by Gasteiger charge is 2.07. The highest BCUT2D eigenvalue weighted by molar-refractivity contribution is 5.83. The molecule has 0 aliphatic rings. The van der Waals surface area contributed by atoms with E-state index in [2.05, 4.69) is 49.3 Å². The van der Waals surface area contributed by atoms with Crippen molar-refractivity contribution in [3.05, 3.63) is 48.9 Å². The Hall–Kier alpha value is -2.82. The van der Waals surface area contributed by atoms with E-state index in [1.165, 1.54) is 0 Å². The highest BCUT2D eigenvalue weighted by Crippen LogP contribution is 2.25. The first-order valence-electron chi connectivity index (χ1n) is 6.43. The van der Waals surface area contributed by atoms with Gasteiger partial charge in [-0.2, -0.15) is 5.10 Å². The quantitative estimate of drug-likeness (QED) is 0.584. The van der Waals surface area contributed by atoms with Gasteiger partial charge in [-0.1, -0.05) is 12.1 Å². The third kappa shape index (κ3) is 1.56. The Bertz CT molecular complexity index is 903. The van der Waals surface area contributed by atoms with Crippen molar-refractivity contribution in [1.82, 2.24) is 19.6 Å². The Morgan fingerprint density at radius 1 is 1.15 bits per heavy atom. The van der Waals surface area contributed by atoms with Crippen LogP contribution in [0.1, 0.15) is 0 Å². The van der Waals surface area contributed by atoms with Crippen LogP contribution in [0.15, 0.2) is 48.9 Å². The fraction of sp³-hybridized carbons (Fsp3) is 0.0667. The number of pyridine rings is 1. The molecule has 0 amide bonds. The summed E-state index contributed by atoms with van der Waals surface area (Å²) < 4.78 is 2.09. The molecular weight excluding hydrogens is 250 g/mol. The third-order valence-electron chi connectivity index (χ3n) is 3.53. The van der Waals surface area contributed by atoms with E-state index in [-0.39, 0.29) is 0 Å². The third-order valence-corrected chi connectivity index (χ3v) is 3.53. The van der Waals surface area contributed by atoms with Gasteiger partial charge >= 0.3 is 0 Å². The predicted octanol–water partition coefficient (Wildman–Crippen LogP) is 2.92. The van der Waals surface area contributed by atoms with Crippen molar-refractivity contribution in [1.29, 1.82) is 0 Å². The topological polar surface area (TPSA) is 58.0 Å². The molecule has 0 saturated carbocycles. The van der Waals surface area contributed by atoms with E-state index in [0.29, 0.717) is 0 Å². The summed E-state index contributed by atoms with van der Waals surface area (Å²) in [7, 11) is 1.91. The van der Waals surface area contributed by atoms with Crippen LogP contribution < -0.4 is 5.32 Å². The number of benzene rings is 1. The van der Waals surface area contributed by atoms with Gasteiger partial charge in [0, 0.05) is 24.2 Å². The van der Waals surface area contributed by atoms with Crippen LogP contribution in [-0.2, 0) is 0 Å². The highest BCUT2D eigenvalue weighted by atomic mass is 15.1. The van der Waals surface area contributed by atoms with Crippen LogP contribution in [0, 0.1) is 0 Å². The summed E-state index contributed by atoms with van der Waals surface area (Å²) in [6.45, 7) is 0. The van der Waals surface area contributed by atoms with E-state index < -0.39 is 0 Å². The summed E-state index contributed by atoms with van der Waals surface area (Å²) >= 11 is 0. The van der Waals surface area contributed by atoms with E-state index in [4.69, 9.17) is 0 Å². The van der Waals surface area contributed by atoms with E-state index in [1.807, 2.05) is 31.6 Å². The molecule has 3 aromatic heterocycles. The maximum Gasteiger partial charge on any atom is 0.137 e. The first-order valence-corrected chi connectivity index (χ1v) is 6.43. The first kappa shape index (κ1) is 11.0. The van der Waals surface area contributed by atoms with Crippen LogP contribution in [0.4, 0.5) is 5.69 Å². The molecule has 20 heavy (non-hydrogen) atoms. The number of aromatic nitrogens is 4. The molecule has 0 unspecified atom stereocenters. The Morgan fingerprint density at radius 2 is 2.10 bits per heavy atom. The fourth-order valence-electron chi connectivity index (χ4n) is 2.44. The van der Waals surface area contributed by atoms with Crippen molar-refractivity contribution in [3.63, 3.8) is 0 Å². The fourth-order valence-corrected chi connectivity index (χ4v) is 2.44. The van der Waals surface area contributed by atoms with E-state index in [9.17, 15) is 0 Å². The van der Waals surface area contributed by atoms with Crippen molar-refractivity contribution in [2.24, 2.45) is 0 Å². The second kappa shape index (κ2) is 4.09. The molecule has 0 bridgehead atoms. The van der Waals surface area contributed by atoms with Gasteiger partial charge in [-0.25, -0.2) is 4.98 Å². The summed E-state index contributed by atoms with van der Waals surface area (Å²) in [6, 6.07) is 10.3. The minimum atomic E-state index is 0.934. The number of hydrogen-bond acceptors (Lipinski definition) is 3. The molecule has 0 saturated heterocycles. The molecule has 0 spiro atoms. The van der Waals surface area contributed by atoms with Crippen LogP contribution in [0.25, 0.3) is 27.8 Å². The minimum absolute atomic E-state index is 0.934. The lowest BCUT2D eigenvalue weighted by molar-refractivity contribution is 1.12. The average molecular weight is 263 g/mol. The largest absolute Gasteiger partial charge is 0.387 e. The lowest BCUT2D eigenvalue weighted by atomic mass is 10.1. The second-order valence-electron chi connectivity index (χ2n) is 4.71. The zero-order chi connectivity index (χ0) is 13.5. The van der Waals surface area contributed by atoms with Crippen molar-refractivity contribution in [3.8, 4) is 11.3 Å². The van der Waals surface area contributed by atoms with Gasteiger partial charge in [0.2, 0.25) is 0 Å². The maximum absolute atomic E-state index is 4.45. The molecule has 5 heteroatoms. The Kier molecular flexibility index (Phi) is 2.26. The smallest absolute Gasteiger partial charge is 0.137 e. The number of hydrogen-bond donors (Lipinski definition) is 2. The predicted molar refractivity (Wildman–Crippen MR) is 79.8 cm³/mol. The lowest BCUT2D eigenvalue weighted by Gasteiger charge is -2.05. The van der Waals surface area contributed by atoms with Crippen LogP contribution in [0.5, 0.6) is 0 Å². The van der Waals surface area contributed by atoms with Crippen molar-refractivity contribution in [2.45, 2.75) is 0 Å². The maximum atomic E-state index is 4.45. The molecule has 5 nitrogen and oxygen atoms in total. The molecular formula is C15H13N5. The molecule has 0 aliphatic heterocycles. The van der Waals surface area contributed by atoms with Crippen LogP contribution >= 0.6 is 0 Å². The molecule has 0 radical (unpaired) electrons. The molecule has 0 fully saturated rings. The minimum Gasteiger partial charge on any atom is -0.387 e. The van der Waals surface area contributed by atoms with E-state index in [1.54, 1.807) is 0 Å². The summed E-state index contributed by atoms with van der Waals surface area (Å²) in [5, 5.41) is 11.3. The number of H-pyrrole nitrogens is 1. The molecule has 4 aromatic rings. The first-order chi connectivity index (χ1) is 9.85. The van der Waals surface area contributed by atoms with Crippen molar-refractivity contribution < 1.29 is 0 Å². The number of fused-ring (bicyclic) bond motifs is 2. The number of imidazole rings is 1. The number of anilines is 1. The summed E-state index contributed by atoms with van der Waals surface area (Å²) in [4.78, 5) is 4.45. The SMILES string of the molecule is CNc1ccc2ncc(-c3ccc4cn[nH]c4c3)n2c1. The van der Waals surface area contributed by atoms with E-state index >= 15 is 0 Å². The van der Waals surface area contributed by atoms with Gasteiger partial charge in [-0.15, -0.1) is 0 Å². The van der Waals surface area contributed by atoms with Gasteiger partial charge in [-0.3, -0.25) is 9.50 Å². The Balaban J connectivity index is 1.96. The molecule has 3 heterocycles. The Labute approximate surface area is 115 Å². The molecule has 0 atom stereocenters. The van der Waals surface area contributed by atoms with Gasteiger partial charge in [0.05, 0.1) is 29.3 Å². The van der Waals surface area contributed by atoms with Crippen molar-refractivity contribution in [2.75, 3.05) is 12.4 Å². The van der Waals surface area contributed by atoms with Gasteiger partial charge in [0.1, 0.15) is 5.65 Å². The lowest BCUT2D eigenvalue weighted by Crippen LogP contribution is -1.93. The number of nitrogens with zero attached hydrogens (tertiary/aromatic N) is 3. The zero-order valence-electron chi connectivity index (χ0n) is 11.0. The van der Waals surface area contributed by atoms with E-state index in [0.717, 1.165) is 33.5 Å². The molecule has 4 rings (SSSR count). The standard InChI is InChI=1S/C15H13N5/c1-16-12-4-5-15-17-8-14(20(15)9-12)10-2-3-11-7-18-19-13(11)6-10/h2-9,16H,1H3,(H,18,19). The second-order valence-corrected chi connectivity index (χ2v) is 4.71. The summed E-state index contributed by atoms with van der Waals surface area (Å²) in [6.07, 6.45) is 5.77. The van der Waals surface area contributed by atoms with Crippen LogP contribution in [-0.4, -0.2) is 26.6 Å². The monoisotopic (exact) mass is 263 g/mol. The van der Waals surface area contributed by atoms with Crippen molar-refractivity contribution >= 4 is 22.2 Å². The molecule has 98 valence electrons. The number of rotatable bonds is 2. The normalized spacial score (nSPS) is 11.2.